The zero-order valence-electron chi connectivity index (χ0n) is 12.0. The lowest BCUT2D eigenvalue weighted by Crippen LogP contribution is -2.09. The SMILES string of the molecule is CCC(=O)C(C)c1nc(C2CCCCCCC2)no1. The summed E-state index contributed by atoms with van der Waals surface area (Å²) in [7, 11) is 0. The first-order chi connectivity index (χ1) is 9.22. The maximum Gasteiger partial charge on any atom is 0.236 e. The Morgan fingerprint density at radius 1 is 1.26 bits per heavy atom. The van der Waals surface area contributed by atoms with Gasteiger partial charge < -0.3 is 4.52 Å². The Labute approximate surface area is 115 Å². The molecule has 1 aromatic heterocycles. The van der Waals surface area contributed by atoms with Crippen molar-refractivity contribution in [3.05, 3.63) is 11.7 Å². The van der Waals surface area contributed by atoms with Crippen molar-refractivity contribution in [3.8, 4) is 0 Å². The second-order valence-electron chi connectivity index (χ2n) is 5.57. The molecule has 0 bridgehead atoms. The van der Waals surface area contributed by atoms with E-state index in [4.69, 9.17) is 4.52 Å². The quantitative estimate of drug-likeness (QED) is 0.825. The molecule has 1 atom stereocenters. The monoisotopic (exact) mass is 264 g/mol. The zero-order chi connectivity index (χ0) is 13.7. The van der Waals surface area contributed by atoms with Gasteiger partial charge in [0.25, 0.3) is 0 Å². The van der Waals surface area contributed by atoms with Gasteiger partial charge in [0.15, 0.2) is 5.82 Å². The lowest BCUT2D eigenvalue weighted by atomic mass is 9.91. The van der Waals surface area contributed by atoms with Gasteiger partial charge in [-0.2, -0.15) is 4.98 Å². The molecule has 19 heavy (non-hydrogen) atoms. The summed E-state index contributed by atoms with van der Waals surface area (Å²) in [5.74, 6) is 1.62. The Morgan fingerprint density at radius 2 is 1.89 bits per heavy atom. The maximum absolute atomic E-state index is 11.7. The highest BCUT2D eigenvalue weighted by Gasteiger charge is 2.24. The minimum Gasteiger partial charge on any atom is -0.339 e. The van der Waals surface area contributed by atoms with Crippen LogP contribution < -0.4 is 0 Å². The van der Waals surface area contributed by atoms with E-state index in [2.05, 4.69) is 10.1 Å². The van der Waals surface area contributed by atoms with Crippen LogP contribution in [0.25, 0.3) is 0 Å². The summed E-state index contributed by atoms with van der Waals surface area (Å²) in [5, 5.41) is 4.11. The molecule has 1 aliphatic carbocycles. The third-order valence-electron chi connectivity index (χ3n) is 4.13. The summed E-state index contributed by atoms with van der Waals surface area (Å²) < 4.78 is 5.29. The number of hydrogen-bond donors (Lipinski definition) is 0. The normalized spacial score (nSPS) is 19.7. The standard InChI is InChI=1S/C15H24N2O2/c1-3-13(18)11(2)15-16-14(17-19-15)12-9-7-5-4-6-8-10-12/h11-12H,3-10H2,1-2H3. The van der Waals surface area contributed by atoms with Crippen LogP contribution in [0.15, 0.2) is 4.52 Å². The number of hydrogen-bond acceptors (Lipinski definition) is 4. The van der Waals surface area contributed by atoms with Crippen LogP contribution in [0.5, 0.6) is 0 Å². The molecule has 1 aromatic rings. The summed E-state index contributed by atoms with van der Waals surface area (Å²) in [6, 6.07) is 0. The second kappa shape index (κ2) is 6.83. The number of carbonyl (C=O) groups excluding carboxylic acids is 1. The first-order valence-electron chi connectivity index (χ1n) is 7.58. The fourth-order valence-corrected chi connectivity index (χ4v) is 2.75. The molecular weight excluding hydrogens is 240 g/mol. The first-order valence-corrected chi connectivity index (χ1v) is 7.58. The molecule has 2 rings (SSSR count). The molecule has 1 unspecified atom stereocenters. The summed E-state index contributed by atoms with van der Waals surface area (Å²) in [5.41, 5.74) is 0. The Balaban J connectivity index is 2.04. The summed E-state index contributed by atoms with van der Waals surface area (Å²) in [4.78, 5) is 16.1. The van der Waals surface area contributed by atoms with Gasteiger partial charge in [-0.1, -0.05) is 44.2 Å². The van der Waals surface area contributed by atoms with E-state index in [1.165, 1.54) is 32.1 Å². The van der Waals surface area contributed by atoms with Gasteiger partial charge in [0.05, 0.1) is 5.92 Å². The zero-order valence-corrected chi connectivity index (χ0v) is 12.0. The molecule has 0 saturated heterocycles. The van der Waals surface area contributed by atoms with E-state index in [1.807, 2.05) is 13.8 Å². The Hall–Kier alpha value is -1.19. The molecule has 0 radical (unpaired) electrons. The third kappa shape index (κ3) is 3.64. The van der Waals surface area contributed by atoms with Crippen molar-refractivity contribution >= 4 is 5.78 Å². The highest BCUT2D eigenvalue weighted by Crippen LogP contribution is 2.30. The predicted octanol–water partition coefficient (Wildman–Crippen LogP) is 3.98. The van der Waals surface area contributed by atoms with Crippen LogP contribution in [0.1, 0.15) is 88.8 Å². The number of ketones is 1. The molecule has 0 amide bonds. The Kier molecular flexibility index (Phi) is 5.11. The molecule has 4 heteroatoms. The molecule has 4 nitrogen and oxygen atoms in total. The van der Waals surface area contributed by atoms with Crippen LogP contribution in [0.3, 0.4) is 0 Å². The van der Waals surface area contributed by atoms with E-state index >= 15 is 0 Å². The van der Waals surface area contributed by atoms with Crippen LogP contribution in [0.2, 0.25) is 0 Å². The number of nitrogens with zero attached hydrogens (tertiary/aromatic N) is 2. The number of Topliss-reactive ketones (excluding diaryl/α,β-unsaturated/α-hetero) is 1. The fraction of sp³-hybridized carbons (Fsp3) is 0.800. The fourth-order valence-electron chi connectivity index (χ4n) is 2.75. The van der Waals surface area contributed by atoms with E-state index in [0.29, 0.717) is 18.2 Å². The molecule has 0 spiro atoms. The molecule has 1 fully saturated rings. The van der Waals surface area contributed by atoms with Gasteiger partial charge in [-0.3, -0.25) is 4.79 Å². The van der Waals surface area contributed by atoms with Gasteiger partial charge in [-0.25, -0.2) is 0 Å². The topological polar surface area (TPSA) is 56.0 Å². The number of aromatic nitrogens is 2. The first kappa shape index (κ1) is 14.2. The molecule has 1 heterocycles. The minimum absolute atomic E-state index is 0.160. The molecule has 0 aromatic carbocycles. The van der Waals surface area contributed by atoms with Crippen molar-refractivity contribution in [3.63, 3.8) is 0 Å². The average molecular weight is 264 g/mol. The molecule has 1 saturated carbocycles. The second-order valence-corrected chi connectivity index (χ2v) is 5.57. The molecule has 106 valence electrons. The largest absolute Gasteiger partial charge is 0.339 e. The Morgan fingerprint density at radius 3 is 2.53 bits per heavy atom. The molecule has 0 N–H and O–H groups in total. The molecule has 1 aliphatic rings. The lowest BCUT2D eigenvalue weighted by molar-refractivity contribution is -0.120. The van der Waals surface area contributed by atoms with Gasteiger partial charge in [0, 0.05) is 12.3 Å². The smallest absolute Gasteiger partial charge is 0.236 e. The van der Waals surface area contributed by atoms with E-state index in [0.717, 1.165) is 18.7 Å². The highest BCUT2D eigenvalue weighted by atomic mass is 16.5. The van der Waals surface area contributed by atoms with Crippen molar-refractivity contribution in [1.29, 1.82) is 0 Å². The maximum atomic E-state index is 11.7. The number of carbonyl (C=O) groups is 1. The summed E-state index contributed by atoms with van der Waals surface area (Å²) in [6.45, 7) is 3.71. The van der Waals surface area contributed by atoms with Crippen LogP contribution in [-0.2, 0) is 4.79 Å². The predicted molar refractivity (Wildman–Crippen MR) is 73.1 cm³/mol. The van der Waals surface area contributed by atoms with Crippen LogP contribution >= 0.6 is 0 Å². The van der Waals surface area contributed by atoms with Crippen molar-refractivity contribution in [2.75, 3.05) is 0 Å². The summed E-state index contributed by atoms with van der Waals surface area (Å²) >= 11 is 0. The minimum atomic E-state index is -0.264. The van der Waals surface area contributed by atoms with Crippen molar-refractivity contribution in [2.45, 2.75) is 77.0 Å². The molecular formula is C15H24N2O2. The highest BCUT2D eigenvalue weighted by molar-refractivity contribution is 5.83. The lowest BCUT2D eigenvalue weighted by Gasteiger charge is -2.15. The van der Waals surface area contributed by atoms with E-state index < -0.39 is 0 Å². The van der Waals surface area contributed by atoms with E-state index in [-0.39, 0.29) is 11.7 Å². The van der Waals surface area contributed by atoms with Gasteiger partial charge in [0.1, 0.15) is 5.78 Å². The van der Waals surface area contributed by atoms with E-state index in [9.17, 15) is 4.79 Å². The van der Waals surface area contributed by atoms with Crippen molar-refractivity contribution in [2.24, 2.45) is 0 Å². The van der Waals surface area contributed by atoms with Crippen molar-refractivity contribution < 1.29 is 9.32 Å². The van der Waals surface area contributed by atoms with Crippen LogP contribution in [0, 0.1) is 0 Å². The van der Waals surface area contributed by atoms with Crippen LogP contribution in [0.4, 0.5) is 0 Å². The third-order valence-corrected chi connectivity index (χ3v) is 4.13. The number of rotatable bonds is 4. The van der Waals surface area contributed by atoms with E-state index in [1.54, 1.807) is 0 Å². The van der Waals surface area contributed by atoms with Crippen molar-refractivity contribution in [1.82, 2.24) is 10.1 Å². The van der Waals surface area contributed by atoms with Gasteiger partial charge in [0.2, 0.25) is 5.89 Å². The van der Waals surface area contributed by atoms with Gasteiger partial charge in [-0.05, 0) is 19.8 Å². The summed E-state index contributed by atoms with van der Waals surface area (Å²) in [6.07, 6.45) is 9.28. The van der Waals surface area contributed by atoms with Gasteiger partial charge in [-0.15, -0.1) is 0 Å². The molecule has 0 aliphatic heterocycles. The van der Waals surface area contributed by atoms with Crippen LogP contribution in [-0.4, -0.2) is 15.9 Å². The van der Waals surface area contributed by atoms with Gasteiger partial charge >= 0.3 is 0 Å². The average Bonchev–Trinajstić information content (AvgIpc) is 2.86. The Bertz CT molecular complexity index is 406.